The molecule has 2 aromatic rings. The van der Waals surface area contributed by atoms with Crippen molar-refractivity contribution in [3.63, 3.8) is 0 Å². The van der Waals surface area contributed by atoms with Crippen LogP contribution in [-0.4, -0.2) is 31.1 Å². The standard InChI is InChI=1S/C28H28F3NO6/c1-5-36-24(33)22-17(3)32-18(4)23(25(34)37-6-2)27(22,20-13-10-14-21(15-20)28(29,30)31)26(35)38-16-19-11-8-7-9-12-19/h7-15,32H,5-6,16H2,1-4H3. The SMILES string of the molecule is CCOC(=O)C1=C(C)NC(C)=C(C(=O)OCC)C1(C(=O)OCc1ccccc1)c1cccc(C(F)(F)F)c1. The van der Waals surface area contributed by atoms with Crippen molar-refractivity contribution >= 4 is 17.9 Å². The lowest BCUT2D eigenvalue weighted by atomic mass is 9.65. The van der Waals surface area contributed by atoms with E-state index in [0.29, 0.717) is 5.56 Å². The molecule has 0 aromatic heterocycles. The Morgan fingerprint density at radius 2 is 1.37 bits per heavy atom. The van der Waals surface area contributed by atoms with Gasteiger partial charge in [0.2, 0.25) is 0 Å². The van der Waals surface area contributed by atoms with E-state index in [0.717, 1.165) is 18.2 Å². The molecule has 1 N–H and O–H groups in total. The van der Waals surface area contributed by atoms with Crippen LogP contribution >= 0.6 is 0 Å². The maximum absolute atomic E-state index is 14.2. The molecule has 0 fully saturated rings. The highest BCUT2D eigenvalue weighted by molar-refractivity contribution is 6.12. The lowest BCUT2D eigenvalue weighted by Gasteiger charge is -2.39. The molecular weight excluding hydrogens is 503 g/mol. The molecule has 1 aliphatic rings. The highest BCUT2D eigenvalue weighted by Crippen LogP contribution is 2.47. The van der Waals surface area contributed by atoms with Crippen LogP contribution in [0.1, 0.15) is 44.4 Å². The first-order chi connectivity index (χ1) is 18.0. The Bertz CT molecular complexity index is 1240. The molecule has 202 valence electrons. The number of hydrogen-bond acceptors (Lipinski definition) is 7. The molecule has 1 aliphatic heterocycles. The number of nitrogens with one attached hydrogen (secondary N) is 1. The topological polar surface area (TPSA) is 90.9 Å². The fourth-order valence-corrected chi connectivity index (χ4v) is 4.48. The quantitative estimate of drug-likeness (QED) is 0.380. The van der Waals surface area contributed by atoms with E-state index in [4.69, 9.17) is 14.2 Å². The number of alkyl halides is 3. The molecule has 7 nitrogen and oxygen atoms in total. The molecule has 10 heteroatoms. The number of benzene rings is 2. The molecule has 0 saturated heterocycles. The van der Waals surface area contributed by atoms with Crippen LogP contribution < -0.4 is 5.32 Å². The predicted octanol–water partition coefficient (Wildman–Crippen LogP) is 4.96. The molecule has 0 aliphatic carbocycles. The van der Waals surface area contributed by atoms with Crippen molar-refractivity contribution in [2.45, 2.75) is 45.9 Å². The Morgan fingerprint density at radius 3 is 1.87 bits per heavy atom. The van der Waals surface area contributed by atoms with E-state index in [1.807, 2.05) is 0 Å². The van der Waals surface area contributed by atoms with E-state index in [-0.39, 0.29) is 47.9 Å². The minimum Gasteiger partial charge on any atom is -0.463 e. The van der Waals surface area contributed by atoms with Gasteiger partial charge in [0.25, 0.3) is 0 Å². The van der Waals surface area contributed by atoms with Gasteiger partial charge in [-0.15, -0.1) is 0 Å². The first-order valence-corrected chi connectivity index (χ1v) is 11.9. The van der Waals surface area contributed by atoms with Crippen molar-refractivity contribution in [3.05, 3.63) is 93.8 Å². The smallest absolute Gasteiger partial charge is 0.416 e. The summed E-state index contributed by atoms with van der Waals surface area (Å²) in [7, 11) is 0. The van der Waals surface area contributed by atoms with Gasteiger partial charge in [-0.05, 0) is 44.9 Å². The zero-order valence-corrected chi connectivity index (χ0v) is 21.4. The van der Waals surface area contributed by atoms with Gasteiger partial charge in [-0.25, -0.2) is 9.59 Å². The van der Waals surface area contributed by atoms with Gasteiger partial charge in [-0.2, -0.15) is 13.2 Å². The molecule has 3 rings (SSSR count). The van der Waals surface area contributed by atoms with Gasteiger partial charge >= 0.3 is 24.1 Å². The van der Waals surface area contributed by atoms with Crippen molar-refractivity contribution < 1.29 is 41.8 Å². The minimum atomic E-state index is -4.77. The number of ether oxygens (including phenoxy) is 3. The van der Waals surface area contributed by atoms with E-state index in [2.05, 4.69) is 5.32 Å². The fourth-order valence-electron chi connectivity index (χ4n) is 4.48. The highest BCUT2D eigenvalue weighted by atomic mass is 19.4. The van der Waals surface area contributed by atoms with Crippen molar-refractivity contribution in [3.8, 4) is 0 Å². The maximum Gasteiger partial charge on any atom is 0.416 e. The minimum absolute atomic E-state index is 0.0925. The monoisotopic (exact) mass is 531 g/mol. The summed E-state index contributed by atoms with van der Waals surface area (Å²) in [6.07, 6.45) is -4.77. The summed E-state index contributed by atoms with van der Waals surface area (Å²) >= 11 is 0. The van der Waals surface area contributed by atoms with Gasteiger partial charge in [0.15, 0.2) is 5.41 Å². The zero-order chi connectivity index (χ0) is 28.1. The summed E-state index contributed by atoms with van der Waals surface area (Å²) in [5.41, 5.74) is -3.72. The number of hydrogen-bond donors (Lipinski definition) is 1. The largest absolute Gasteiger partial charge is 0.463 e. The van der Waals surface area contributed by atoms with Gasteiger partial charge in [0.05, 0.1) is 29.9 Å². The van der Waals surface area contributed by atoms with E-state index < -0.39 is 35.1 Å². The van der Waals surface area contributed by atoms with E-state index >= 15 is 0 Å². The third-order valence-electron chi connectivity index (χ3n) is 5.98. The highest BCUT2D eigenvalue weighted by Gasteiger charge is 2.58. The van der Waals surface area contributed by atoms with Crippen LogP contribution in [0.2, 0.25) is 0 Å². The van der Waals surface area contributed by atoms with E-state index in [1.165, 1.54) is 33.8 Å². The third kappa shape index (κ3) is 5.44. The Kier molecular flexibility index (Phi) is 8.65. The van der Waals surface area contributed by atoms with Crippen molar-refractivity contribution in [2.24, 2.45) is 0 Å². The molecule has 0 bridgehead atoms. The summed E-state index contributed by atoms with van der Waals surface area (Å²) in [5, 5.41) is 2.88. The fraction of sp³-hybridized carbons (Fsp3) is 0.321. The second-order valence-corrected chi connectivity index (χ2v) is 8.46. The van der Waals surface area contributed by atoms with Gasteiger partial charge < -0.3 is 19.5 Å². The predicted molar refractivity (Wildman–Crippen MR) is 131 cm³/mol. The Balaban J connectivity index is 2.39. The van der Waals surface area contributed by atoms with Gasteiger partial charge in [0.1, 0.15) is 6.61 Å². The Morgan fingerprint density at radius 1 is 0.816 bits per heavy atom. The van der Waals surface area contributed by atoms with Crippen molar-refractivity contribution in [2.75, 3.05) is 13.2 Å². The van der Waals surface area contributed by atoms with Gasteiger partial charge in [-0.1, -0.05) is 48.5 Å². The molecule has 0 unspecified atom stereocenters. The summed E-state index contributed by atoms with van der Waals surface area (Å²) in [4.78, 5) is 40.9. The number of carbonyl (C=O) groups excluding carboxylic acids is 3. The summed E-state index contributed by atoms with van der Waals surface area (Å²) in [6.45, 7) is 5.55. The van der Waals surface area contributed by atoms with E-state index in [1.54, 1.807) is 30.3 Å². The van der Waals surface area contributed by atoms with Crippen LogP contribution in [0.5, 0.6) is 0 Å². The zero-order valence-electron chi connectivity index (χ0n) is 21.4. The third-order valence-corrected chi connectivity index (χ3v) is 5.98. The molecular formula is C28H28F3NO6. The molecule has 1 heterocycles. The normalized spacial score (nSPS) is 15.0. The van der Waals surface area contributed by atoms with Crippen LogP contribution in [0.3, 0.4) is 0 Å². The second kappa shape index (κ2) is 11.5. The van der Waals surface area contributed by atoms with Crippen LogP contribution in [0.4, 0.5) is 13.2 Å². The molecule has 0 radical (unpaired) electrons. The molecule has 0 spiro atoms. The van der Waals surface area contributed by atoms with Crippen LogP contribution in [0, 0.1) is 0 Å². The van der Waals surface area contributed by atoms with Gasteiger partial charge in [-0.3, -0.25) is 4.79 Å². The molecule has 0 atom stereocenters. The summed E-state index contributed by atoms with van der Waals surface area (Å²) < 4.78 is 57.5. The van der Waals surface area contributed by atoms with E-state index in [9.17, 15) is 27.6 Å². The number of esters is 3. The first-order valence-electron chi connectivity index (χ1n) is 11.9. The number of rotatable bonds is 8. The lowest BCUT2D eigenvalue weighted by Crippen LogP contribution is -2.51. The lowest BCUT2D eigenvalue weighted by molar-refractivity contribution is -0.155. The second-order valence-electron chi connectivity index (χ2n) is 8.46. The number of halogens is 3. The molecule has 0 amide bonds. The number of dihydropyridines is 1. The first kappa shape index (κ1) is 28.5. The average Bonchev–Trinajstić information content (AvgIpc) is 2.87. The number of allylic oxidation sites excluding steroid dienone is 2. The van der Waals surface area contributed by atoms with Crippen molar-refractivity contribution in [1.29, 1.82) is 0 Å². The Labute approximate surface area is 218 Å². The Hall–Kier alpha value is -4.08. The van der Waals surface area contributed by atoms with Crippen molar-refractivity contribution in [1.82, 2.24) is 5.32 Å². The number of carbonyl (C=O) groups is 3. The summed E-state index contributed by atoms with van der Waals surface area (Å²) in [6, 6.07) is 12.5. The van der Waals surface area contributed by atoms with Crippen LogP contribution in [0.15, 0.2) is 77.1 Å². The molecule has 0 saturated carbocycles. The summed E-state index contributed by atoms with van der Waals surface area (Å²) in [5.74, 6) is -3.13. The maximum atomic E-state index is 14.2. The van der Waals surface area contributed by atoms with Crippen LogP contribution in [0.25, 0.3) is 0 Å². The molecule has 2 aromatic carbocycles. The van der Waals surface area contributed by atoms with Crippen LogP contribution in [-0.2, 0) is 46.8 Å². The average molecular weight is 532 g/mol. The molecule has 38 heavy (non-hydrogen) atoms. The van der Waals surface area contributed by atoms with Gasteiger partial charge in [0, 0.05) is 11.4 Å².